The second-order valence-corrected chi connectivity index (χ2v) is 10.1. The molecule has 0 bridgehead atoms. The van der Waals surface area contributed by atoms with Crippen molar-refractivity contribution in [1.82, 2.24) is 4.90 Å². The van der Waals surface area contributed by atoms with Crippen molar-refractivity contribution in [2.45, 2.75) is 32.9 Å². The molecule has 0 saturated carbocycles. The highest BCUT2D eigenvalue weighted by molar-refractivity contribution is 6.06. The van der Waals surface area contributed by atoms with Crippen LogP contribution in [0.25, 0.3) is 16.8 Å². The fourth-order valence-corrected chi connectivity index (χ4v) is 5.45. The molecule has 2 aliphatic rings. The molecule has 0 aromatic heterocycles. The van der Waals surface area contributed by atoms with E-state index in [0.29, 0.717) is 0 Å². The first-order valence-electron chi connectivity index (χ1n) is 13.6. The summed E-state index contributed by atoms with van der Waals surface area (Å²) in [5.41, 5.74) is 10.8. The maximum absolute atomic E-state index is 7.10. The zero-order valence-electron chi connectivity index (χ0n) is 22.1. The Bertz CT molecular complexity index is 1500. The van der Waals surface area contributed by atoms with Gasteiger partial charge in [-0.25, -0.2) is 0 Å². The molecule has 4 aromatic carbocycles. The summed E-state index contributed by atoms with van der Waals surface area (Å²) in [5.74, 6) is 0.966. The monoisotopic (exact) mass is 495 g/mol. The largest absolute Gasteiger partial charge is 0.465 e. The lowest BCUT2D eigenvalue weighted by molar-refractivity contribution is 0.00434. The lowest BCUT2D eigenvalue weighted by Crippen LogP contribution is -2.35. The molecular weight excluding hydrogens is 462 g/mol. The van der Waals surface area contributed by atoms with Crippen LogP contribution in [-0.4, -0.2) is 11.4 Å². The summed E-state index contributed by atoms with van der Waals surface area (Å²) in [6.45, 7) is 5.30. The number of nitrogens with zero attached hydrogens (tertiary/aromatic N) is 1. The molecule has 0 fully saturated rings. The van der Waals surface area contributed by atoms with Gasteiger partial charge in [0.25, 0.3) is 0 Å². The van der Waals surface area contributed by atoms with Crippen LogP contribution in [0.1, 0.15) is 53.8 Å². The third-order valence-electron chi connectivity index (χ3n) is 7.40. The smallest absolute Gasteiger partial charge is 0.198 e. The first kappa shape index (κ1) is 24.1. The minimum absolute atomic E-state index is 0.208. The molecule has 4 aromatic rings. The van der Waals surface area contributed by atoms with E-state index in [4.69, 9.17) is 4.74 Å². The van der Waals surface area contributed by atoms with E-state index in [0.717, 1.165) is 30.7 Å². The van der Waals surface area contributed by atoms with Crippen LogP contribution in [0.2, 0.25) is 0 Å². The van der Waals surface area contributed by atoms with E-state index in [1.807, 2.05) is 0 Å². The molecule has 0 spiro atoms. The highest BCUT2D eigenvalue weighted by atomic mass is 16.5. The van der Waals surface area contributed by atoms with Crippen molar-refractivity contribution in [2.24, 2.45) is 0 Å². The number of ether oxygens (including phenoxy) is 1. The molecule has 1 atom stereocenters. The van der Waals surface area contributed by atoms with Gasteiger partial charge in [0.15, 0.2) is 6.23 Å². The molecule has 188 valence electrons. The molecule has 6 rings (SSSR count). The lowest BCUT2D eigenvalue weighted by Gasteiger charge is -2.42. The standard InChI is InChI=1S/C36H33NO/c1-3-4-24-37-34(29-16-10-6-11-17-29)33-31(27-14-8-5-9-15-27)25-32(28-22-20-26(2)21-23-28)35(33)38-36(37)30-18-12-7-13-19-30/h5-23,25,36H,3-4,24H2,1-2H3. The number of unbranched alkanes of at least 4 members (excludes halogenated alkanes) is 1. The summed E-state index contributed by atoms with van der Waals surface area (Å²) in [6, 6.07) is 41.0. The molecular formula is C36H33NO. The maximum atomic E-state index is 7.10. The molecule has 1 unspecified atom stereocenters. The summed E-state index contributed by atoms with van der Waals surface area (Å²) in [7, 11) is 0. The van der Waals surface area contributed by atoms with Crippen LogP contribution in [-0.2, 0) is 4.74 Å². The predicted molar refractivity (Wildman–Crippen MR) is 158 cm³/mol. The van der Waals surface area contributed by atoms with Gasteiger partial charge >= 0.3 is 0 Å². The Labute approximate surface area is 226 Å². The summed E-state index contributed by atoms with van der Waals surface area (Å²) < 4.78 is 7.10. The zero-order chi connectivity index (χ0) is 25.9. The number of aryl methyl sites for hydroxylation is 1. The van der Waals surface area contributed by atoms with Gasteiger partial charge in [0, 0.05) is 23.3 Å². The minimum atomic E-state index is -0.208. The van der Waals surface area contributed by atoms with Crippen LogP contribution >= 0.6 is 0 Å². The van der Waals surface area contributed by atoms with E-state index in [1.165, 1.54) is 44.7 Å². The van der Waals surface area contributed by atoms with Crippen molar-refractivity contribution in [3.63, 3.8) is 0 Å². The minimum Gasteiger partial charge on any atom is -0.465 e. The highest BCUT2D eigenvalue weighted by Gasteiger charge is 2.39. The fraction of sp³-hybridized carbons (Fsp3) is 0.167. The van der Waals surface area contributed by atoms with Gasteiger partial charge in [0.05, 0.1) is 5.70 Å². The SMILES string of the molecule is CCCCN1C(c2ccccc2)=C2C(c3ccccc3)=CC(c3ccc(C)cc3)=C2OC1c1ccccc1. The molecule has 0 saturated heterocycles. The van der Waals surface area contributed by atoms with E-state index in [2.05, 4.69) is 140 Å². The fourth-order valence-electron chi connectivity index (χ4n) is 5.45. The van der Waals surface area contributed by atoms with Crippen LogP contribution in [0.15, 0.2) is 133 Å². The third-order valence-corrected chi connectivity index (χ3v) is 7.40. The molecule has 0 radical (unpaired) electrons. The maximum Gasteiger partial charge on any atom is 0.198 e. The van der Waals surface area contributed by atoms with Gasteiger partial charge in [0.2, 0.25) is 0 Å². The highest BCUT2D eigenvalue weighted by Crippen LogP contribution is 2.52. The van der Waals surface area contributed by atoms with E-state index in [-0.39, 0.29) is 6.23 Å². The number of rotatable bonds is 7. The summed E-state index contributed by atoms with van der Waals surface area (Å²) >= 11 is 0. The van der Waals surface area contributed by atoms with Gasteiger partial charge in [-0.2, -0.15) is 0 Å². The summed E-state index contributed by atoms with van der Waals surface area (Å²) in [5, 5.41) is 0. The Hall–Kier alpha value is -4.30. The molecule has 0 N–H and O–H groups in total. The van der Waals surface area contributed by atoms with Crippen molar-refractivity contribution in [3.05, 3.63) is 160 Å². The molecule has 0 amide bonds. The van der Waals surface area contributed by atoms with Crippen LogP contribution in [0.4, 0.5) is 0 Å². The Morgan fingerprint density at radius 3 is 1.92 bits per heavy atom. The van der Waals surface area contributed by atoms with Crippen molar-refractivity contribution < 1.29 is 4.74 Å². The molecule has 1 heterocycles. The predicted octanol–water partition coefficient (Wildman–Crippen LogP) is 9.05. The first-order chi connectivity index (χ1) is 18.7. The quantitative estimate of drug-likeness (QED) is 0.254. The number of hydrogen-bond acceptors (Lipinski definition) is 2. The average molecular weight is 496 g/mol. The molecule has 2 nitrogen and oxygen atoms in total. The summed E-state index contributed by atoms with van der Waals surface area (Å²) in [4.78, 5) is 2.49. The van der Waals surface area contributed by atoms with Crippen molar-refractivity contribution in [2.75, 3.05) is 6.54 Å². The topological polar surface area (TPSA) is 12.5 Å². The number of fused-ring (bicyclic) bond motifs is 1. The molecule has 1 aliphatic heterocycles. The van der Waals surface area contributed by atoms with E-state index in [1.54, 1.807) is 0 Å². The van der Waals surface area contributed by atoms with Crippen molar-refractivity contribution in [1.29, 1.82) is 0 Å². The van der Waals surface area contributed by atoms with Crippen LogP contribution in [0.3, 0.4) is 0 Å². The van der Waals surface area contributed by atoms with Gasteiger partial charge in [0.1, 0.15) is 5.76 Å². The van der Waals surface area contributed by atoms with Gasteiger partial charge in [-0.15, -0.1) is 0 Å². The lowest BCUT2D eigenvalue weighted by atomic mass is 9.92. The van der Waals surface area contributed by atoms with E-state index in [9.17, 15) is 0 Å². The van der Waals surface area contributed by atoms with Crippen LogP contribution < -0.4 is 0 Å². The van der Waals surface area contributed by atoms with E-state index < -0.39 is 0 Å². The van der Waals surface area contributed by atoms with Gasteiger partial charge in [-0.1, -0.05) is 134 Å². The molecule has 2 heteroatoms. The Morgan fingerprint density at radius 2 is 1.29 bits per heavy atom. The van der Waals surface area contributed by atoms with Gasteiger partial charge < -0.3 is 9.64 Å². The average Bonchev–Trinajstić information content (AvgIpc) is 3.36. The molecule has 38 heavy (non-hydrogen) atoms. The van der Waals surface area contributed by atoms with Crippen LogP contribution in [0.5, 0.6) is 0 Å². The Balaban J connectivity index is 1.66. The molecule has 1 aliphatic carbocycles. The van der Waals surface area contributed by atoms with Crippen molar-refractivity contribution >= 4 is 16.8 Å². The summed E-state index contributed by atoms with van der Waals surface area (Å²) in [6.07, 6.45) is 4.33. The zero-order valence-corrected chi connectivity index (χ0v) is 22.1. The van der Waals surface area contributed by atoms with Crippen LogP contribution in [0, 0.1) is 6.92 Å². The van der Waals surface area contributed by atoms with Crippen molar-refractivity contribution in [3.8, 4) is 0 Å². The second kappa shape index (κ2) is 10.6. The number of allylic oxidation sites excluding steroid dienone is 3. The Kier molecular flexibility index (Phi) is 6.71. The Morgan fingerprint density at radius 1 is 0.684 bits per heavy atom. The normalized spacial score (nSPS) is 16.8. The van der Waals surface area contributed by atoms with Gasteiger partial charge in [-0.3, -0.25) is 0 Å². The number of benzene rings is 4. The number of hydrogen-bond donors (Lipinski definition) is 0. The van der Waals surface area contributed by atoms with E-state index >= 15 is 0 Å². The second-order valence-electron chi connectivity index (χ2n) is 10.1. The van der Waals surface area contributed by atoms with Gasteiger partial charge in [-0.05, 0) is 41.7 Å². The first-order valence-corrected chi connectivity index (χ1v) is 13.6. The third kappa shape index (κ3) is 4.48.